The number of carboxylic acid groups (broad SMARTS) is 1. The molecule has 20 heavy (non-hydrogen) atoms. The maximum atomic E-state index is 13.2. The van der Waals surface area contributed by atoms with Crippen molar-refractivity contribution < 1.29 is 18.5 Å². The molecule has 0 aliphatic rings. The largest absolute Gasteiger partial charge is 0.478 e. The van der Waals surface area contributed by atoms with Crippen LogP contribution in [0.15, 0.2) is 47.4 Å². The van der Waals surface area contributed by atoms with E-state index in [4.69, 9.17) is 5.11 Å². The van der Waals surface area contributed by atoms with E-state index in [1.807, 2.05) is 31.2 Å². The van der Waals surface area contributed by atoms with Gasteiger partial charge in [0.25, 0.3) is 0 Å². The van der Waals surface area contributed by atoms with Crippen molar-refractivity contribution in [3.8, 4) is 0 Å². The second kappa shape index (κ2) is 5.96. The molecule has 3 nitrogen and oxygen atoms in total. The first-order valence-corrected chi connectivity index (χ1v) is 7.26. The lowest BCUT2D eigenvalue weighted by Gasteiger charge is -2.07. The van der Waals surface area contributed by atoms with Crippen LogP contribution >= 0.6 is 0 Å². The number of hydrogen-bond donors (Lipinski definition) is 1. The number of hydrogen-bond acceptors (Lipinski definition) is 2. The molecule has 1 atom stereocenters. The Balaban J connectivity index is 2.34. The van der Waals surface area contributed by atoms with E-state index in [9.17, 15) is 13.4 Å². The third-order valence-electron chi connectivity index (χ3n) is 2.80. The van der Waals surface area contributed by atoms with E-state index in [-0.39, 0.29) is 16.2 Å². The Bertz CT molecular complexity index is 683. The van der Waals surface area contributed by atoms with Gasteiger partial charge in [-0.25, -0.2) is 9.18 Å². The first-order chi connectivity index (χ1) is 9.47. The van der Waals surface area contributed by atoms with E-state index < -0.39 is 22.6 Å². The van der Waals surface area contributed by atoms with Crippen molar-refractivity contribution in [1.29, 1.82) is 0 Å². The molecule has 2 rings (SSSR count). The average Bonchev–Trinajstić information content (AvgIpc) is 2.38. The second-order valence-electron chi connectivity index (χ2n) is 4.42. The molecule has 0 amide bonds. The van der Waals surface area contributed by atoms with Crippen molar-refractivity contribution in [2.75, 3.05) is 0 Å². The Kier molecular flexibility index (Phi) is 4.29. The van der Waals surface area contributed by atoms with Crippen LogP contribution in [0.5, 0.6) is 0 Å². The predicted molar refractivity (Wildman–Crippen MR) is 74.7 cm³/mol. The van der Waals surface area contributed by atoms with Crippen molar-refractivity contribution in [3.63, 3.8) is 0 Å². The highest BCUT2D eigenvalue weighted by Crippen LogP contribution is 2.19. The molecule has 1 N–H and O–H groups in total. The van der Waals surface area contributed by atoms with Gasteiger partial charge in [-0.1, -0.05) is 29.8 Å². The highest BCUT2D eigenvalue weighted by Gasteiger charge is 2.16. The summed E-state index contributed by atoms with van der Waals surface area (Å²) in [7, 11) is -1.61. The summed E-state index contributed by atoms with van der Waals surface area (Å²) in [4.78, 5) is 11.1. The molecule has 2 aromatic rings. The van der Waals surface area contributed by atoms with Crippen molar-refractivity contribution >= 4 is 16.8 Å². The van der Waals surface area contributed by atoms with Crippen molar-refractivity contribution in [2.45, 2.75) is 17.6 Å². The molecule has 0 bridgehead atoms. The number of carbonyl (C=O) groups is 1. The van der Waals surface area contributed by atoms with E-state index in [0.29, 0.717) is 0 Å². The summed E-state index contributed by atoms with van der Waals surface area (Å²) in [6.45, 7) is 1.91. The fourth-order valence-electron chi connectivity index (χ4n) is 1.89. The van der Waals surface area contributed by atoms with Gasteiger partial charge in [0.2, 0.25) is 0 Å². The first-order valence-electron chi connectivity index (χ1n) is 5.94. The van der Waals surface area contributed by atoms with Crippen LogP contribution in [0.4, 0.5) is 4.39 Å². The van der Waals surface area contributed by atoms with Gasteiger partial charge in [-0.15, -0.1) is 0 Å². The van der Waals surface area contributed by atoms with E-state index in [1.54, 1.807) is 0 Å². The van der Waals surface area contributed by atoms with Crippen molar-refractivity contribution in [2.24, 2.45) is 0 Å². The number of aromatic carboxylic acids is 1. The smallest absolute Gasteiger partial charge is 0.336 e. The summed E-state index contributed by atoms with van der Waals surface area (Å²) < 4.78 is 25.5. The third-order valence-corrected chi connectivity index (χ3v) is 4.22. The van der Waals surface area contributed by atoms with Crippen molar-refractivity contribution in [3.05, 3.63) is 65.0 Å². The third kappa shape index (κ3) is 3.30. The maximum Gasteiger partial charge on any atom is 0.336 e. The molecular formula is C15H13FO3S. The van der Waals surface area contributed by atoms with Gasteiger partial charge in [-0.05, 0) is 30.7 Å². The Morgan fingerprint density at radius 2 is 2.00 bits per heavy atom. The maximum absolute atomic E-state index is 13.2. The first kappa shape index (κ1) is 14.4. The Labute approximate surface area is 118 Å². The van der Waals surface area contributed by atoms with Gasteiger partial charge in [0.05, 0.1) is 27.0 Å². The minimum atomic E-state index is -1.61. The van der Waals surface area contributed by atoms with Crippen LogP contribution in [0.1, 0.15) is 21.5 Å². The lowest BCUT2D eigenvalue weighted by atomic mass is 10.2. The molecule has 0 heterocycles. The van der Waals surface area contributed by atoms with Crippen LogP contribution in [0.2, 0.25) is 0 Å². The normalized spacial score (nSPS) is 12.1. The minimum absolute atomic E-state index is 0.0130. The van der Waals surface area contributed by atoms with E-state index in [2.05, 4.69) is 0 Å². The molecule has 0 aromatic heterocycles. The van der Waals surface area contributed by atoms with Crippen LogP contribution in [0.3, 0.4) is 0 Å². The summed E-state index contributed by atoms with van der Waals surface area (Å²) in [6.07, 6.45) is 0. The highest BCUT2D eigenvalue weighted by molar-refractivity contribution is 7.84. The van der Waals surface area contributed by atoms with E-state index in [0.717, 1.165) is 29.3 Å². The number of benzene rings is 2. The summed E-state index contributed by atoms with van der Waals surface area (Å²) in [5.74, 6) is -1.65. The zero-order chi connectivity index (χ0) is 14.7. The summed E-state index contributed by atoms with van der Waals surface area (Å²) >= 11 is 0. The van der Waals surface area contributed by atoms with E-state index >= 15 is 0 Å². The lowest BCUT2D eigenvalue weighted by Crippen LogP contribution is -2.06. The predicted octanol–water partition coefficient (Wildman–Crippen LogP) is 3.14. The molecule has 0 radical (unpaired) electrons. The topological polar surface area (TPSA) is 54.4 Å². The van der Waals surface area contributed by atoms with Gasteiger partial charge in [-0.3, -0.25) is 4.21 Å². The number of rotatable bonds is 4. The van der Waals surface area contributed by atoms with Crippen molar-refractivity contribution in [1.82, 2.24) is 0 Å². The van der Waals surface area contributed by atoms with Gasteiger partial charge < -0.3 is 5.11 Å². The standard InChI is InChI=1S/C15H13FO3S/c1-10-3-2-4-11(7-10)9-20(19)14-8-12(16)5-6-13(14)15(17)18/h2-8H,9H2,1H3,(H,17,18)/t20-/m1/s1. The van der Waals surface area contributed by atoms with Crippen LogP contribution in [0.25, 0.3) is 0 Å². The molecule has 0 spiro atoms. The summed E-state index contributed by atoms with van der Waals surface area (Å²) in [5.41, 5.74) is 1.72. The molecule has 0 saturated carbocycles. The van der Waals surface area contributed by atoms with E-state index in [1.165, 1.54) is 0 Å². The SMILES string of the molecule is Cc1cccc(C[S@@](=O)c2cc(F)ccc2C(=O)O)c1. The van der Waals surface area contributed by atoms with Crippen LogP contribution < -0.4 is 0 Å². The molecule has 0 fully saturated rings. The molecule has 0 aliphatic heterocycles. The number of halogens is 1. The Morgan fingerprint density at radius 1 is 1.25 bits per heavy atom. The van der Waals surface area contributed by atoms with Gasteiger partial charge in [0.15, 0.2) is 0 Å². The zero-order valence-corrected chi connectivity index (χ0v) is 11.6. The quantitative estimate of drug-likeness (QED) is 0.942. The Morgan fingerprint density at radius 3 is 2.65 bits per heavy atom. The molecule has 0 saturated heterocycles. The number of carboxylic acids is 1. The minimum Gasteiger partial charge on any atom is -0.478 e. The van der Waals surface area contributed by atoms with Crippen LogP contribution in [0, 0.1) is 12.7 Å². The molecule has 5 heteroatoms. The zero-order valence-electron chi connectivity index (χ0n) is 10.8. The molecule has 0 aliphatic carbocycles. The monoisotopic (exact) mass is 292 g/mol. The highest BCUT2D eigenvalue weighted by atomic mass is 32.2. The lowest BCUT2D eigenvalue weighted by molar-refractivity contribution is 0.0693. The summed E-state index contributed by atoms with van der Waals surface area (Å²) in [5, 5.41) is 9.06. The molecular weight excluding hydrogens is 279 g/mol. The summed E-state index contributed by atoms with van der Waals surface area (Å²) in [6, 6.07) is 10.7. The van der Waals surface area contributed by atoms with Gasteiger partial charge in [0.1, 0.15) is 5.82 Å². The van der Waals surface area contributed by atoms with Gasteiger partial charge in [0, 0.05) is 0 Å². The average molecular weight is 292 g/mol. The molecule has 2 aromatic carbocycles. The van der Waals surface area contributed by atoms with Crippen LogP contribution in [-0.4, -0.2) is 15.3 Å². The molecule has 0 unspecified atom stereocenters. The fraction of sp³-hybridized carbons (Fsp3) is 0.133. The molecule has 104 valence electrons. The second-order valence-corrected chi connectivity index (χ2v) is 5.84. The van der Waals surface area contributed by atoms with Crippen LogP contribution in [-0.2, 0) is 16.6 Å². The number of aryl methyl sites for hydroxylation is 1. The van der Waals surface area contributed by atoms with Gasteiger partial charge in [-0.2, -0.15) is 0 Å². The van der Waals surface area contributed by atoms with Gasteiger partial charge >= 0.3 is 5.97 Å². The fourth-order valence-corrected chi connectivity index (χ4v) is 3.17. The Hall–Kier alpha value is -2.01.